The van der Waals surface area contributed by atoms with Crippen LogP contribution in [0.1, 0.15) is 25.5 Å². The Labute approximate surface area is 177 Å². The molecule has 1 amide bonds. The number of benzene rings is 1. The highest BCUT2D eigenvalue weighted by Crippen LogP contribution is 2.16. The maximum absolute atomic E-state index is 11.9. The molecule has 1 aromatic carbocycles. The van der Waals surface area contributed by atoms with Crippen LogP contribution in [0.2, 0.25) is 0 Å². The van der Waals surface area contributed by atoms with Crippen molar-refractivity contribution < 1.29 is 9.21 Å². The number of rotatable bonds is 9. The van der Waals surface area contributed by atoms with E-state index in [4.69, 9.17) is 9.41 Å². The quantitative estimate of drug-likeness (QED) is 0.285. The van der Waals surface area contributed by atoms with Crippen LogP contribution in [0.3, 0.4) is 0 Å². The third-order valence-electron chi connectivity index (χ3n) is 4.80. The first-order valence-electron chi connectivity index (χ1n) is 10.3. The molecule has 1 aromatic heterocycles. The second kappa shape index (κ2) is 11.6. The highest BCUT2D eigenvalue weighted by atomic mass is 32.2. The molecule has 3 rings (SSSR count). The van der Waals surface area contributed by atoms with E-state index in [1.54, 1.807) is 6.26 Å². The number of aliphatic imine (C=N–C) groups is 1. The van der Waals surface area contributed by atoms with Gasteiger partial charge in [0.2, 0.25) is 5.91 Å². The summed E-state index contributed by atoms with van der Waals surface area (Å²) in [4.78, 5) is 19.9. The Kier molecular flexibility index (Phi) is 8.49. The maximum atomic E-state index is 11.9. The minimum absolute atomic E-state index is 0.220. The predicted octanol–water partition coefficient (Wildman–Crippen LogP) is 3.16. The molecule has 1 atom stereocenters. The van der Waals surface area contributed by atoms with Gasteiger partial charge in [-0.15, -0.1) is 11.8 Å². The van der Waals surface area contributed by atoms with E-state index in [1.807, 2.05) is 41.8 Å². The summed E-state index contributed by atoms with van der Waals surface area (Å²) in [7, 11) is 0. The third-order valence-corrected chi connectivity index (χ3v) is 5.81. The summed E-state index contributed by atoms with van der Waals surface area (Å²) in [5.41, 5.74) is 0. The molecule has 1 unspecified atom stereocenters. The van der Waals surface area contributed by atoms with Gasteiger partial charge >= 0.3 is 0 Å². The first kappa shape index (κ1) is 21.3. The van der Waals surface area contributed by atoms with Crippen LogP contribution in [-0.4, -0.2) is 54.7 Å². The van der Waals surface area contributed by atoms with Crippen molar-refractivity contribution in [3.05, 3.63) is 54.5 Å². The number of nitrogens with zero attached hydrogens (tertiary/aromatic N) is 2. The SMILES string of the molecule is CCC(=O)N1CCC(NC(=NCCc2ccco2)NCCSc2ccccc2)C1. The number of amides is 1. The van der Waals surface area contributed by atoms with Crippen molar-refractivity contribution in [2.45, 2.75) is 37.1 Å². The van der Waals surface area contributed by atoms with Gasteiger partial charge in [0.25, 0.3) is 0 Å². The molecule has 0 aliphatic carbocycles. The normalized spacial score (nSPS) is 16.8. The molecule has 1 fully saturated rings. The van der Waals surface area contributed by atoms with Crippen LogP contribution in [-0.2, 0) is 11.2 Å². The molecule has 0 radical (unpaired) electrons. The van der Waals surface area contributed by atoms with Crippen molar-refractivity contribution in [2.24, 2.45) is 4.99 Å². The van der Waals surface area contributed by atoms with E-state index in [0.29, 0.717) is 13.0 Å². The van der Waals surface area contributed by atoms with Gasteiger partial charge in [-0.05, 0) is 30.7 Å². The van der Waals surface area contributed by atoms with Crippen LogP contribution in [0, 0.1) is 0 Å². The summed E-state index contributed by atoms with van der Waals surface area (Å²) in [5.74, 6) is 2.92. The fourth-order valence-electron chi connectivity index (χ4n) is 3.26. The van der Waals surface area contributed by atoms with Crippen LogP contribution in [0.4, 0.5) is 0 Å². The number of hydrogen-bond acceptors (Lipinski definition) is 4. The van der Waals surface area contributed by atoms with Crippen molar-refractivity contribution in [2.75, 3.05) is 31.9 Å². The van der Waals surface area contributed by atoms with Crippen molar-refractivity contribution in [3.8, 4) is 0 Å². The number of hydrogen-bond donors (Lipinski definition) is 2. The van der Waals surface area contributed by atoms with Gasteiger partial charge in [-0.1, -0.05) is 25.1 Å². The van der Waals surface area contributed by atoms with Gasteiger partial charge in [0, 0.05) is 55.7 Å². The minimum Gasteiger partial charge on any atom is -0.469 e. The van der Waals surface area contributed by atoms with E-state index < -0.39 is 0 Å². The molecule has 2 N–H and O–H groups in total. The van der Waals surface area contributed by atoms with Gasteiger partial charge in [0.15, 0.2) is 5.96 Å². The summed E-state index contributed by atoms with van der Waals surface area (Å²) in [6.45, 7) is 4.93. The molecular weight excluding hydrogens is 384 g/mol. The second-order valence-electron chi connectivity index (χ2n) is 6.97. The Hall–Kier alpha value is -2.41. The van der Waals surface area contributed by atoms with E-state index in [-0.39, 0.29) is 11.9 Å². The van der Waals surface area contributed by atoms with Crippen molar-refractivity contribution in [1.29, 1.82) is 0 Å². The van der Waals surface area contributed by atoms with Gasteiger partial charge in [-0.3, -0.25) is 9.79 Å². The number of carbonyl (C=O) groups excluding carboxylic acids is 1. The van der Waals surface area contributed by atoms with Gasteiger partial charge in [-0.2, -0.15) is 0 Å². The summed E-state index contributed by atoms with van der Waals surface area (Å²) in [6.07, 6.45) is 3.97. The zero-order chi connectivity index (χ0) is 20.3. The number of guanidine groups is 1. The Bertz CT molecular complexity index is 764. The molecule has 1 aliphatic heterocycles. The lowest BCUT2D eigenvalue weighted by molar-refractivity contribution is -0.129. The Morgan fingerprint density at radius 2 is 2.14 bits per heavy atom. The Balaban J connectivity index is 1.49. The van der Waals surface area contributed by atoms with E-state index in [2.05, 4.69) is 34.9 Å². The van der Waals surface area contributed by atoms with E-state index in [0.717, 1.165) is 49.9 Å². The molecule has 0 bridgehead atoms. The lowest BCUT2D eigenvalue weighted by atomic mass is 10.3. The average Bonchev–Trinajstić information content (AvgIpc) is 3.43. The predicted molar refractivity (Wildman–Crippen MR) is 118 cm³/mol. The fraction of sp³-hybridized carbons (Fsp3) is 0.455. The average molecular weight is 415 g/mol. The standard InChI is InChI=1S/C22H30N4O2S/c1-2-21(27)26-14-11-18(17-26)25-22(23-12-10-19-7-6-15-28-19)24-13-16-29-20-8-4-3-5-9-20/h3-9,15,18H,2,10-14,16-17H2,1H3,(H2,23,24,25). The smallest absolute Gasteiger partial charge is 0.222 e. The van der Waals surface area contributed by atoms with Gasteiger partial charge in [-0.25, -0.2) is 0 Å². The van der Waals surface area contributed by atoms with Crippen LogP contribution < -0.4 is 10.6 Å². The van der Waals surface area contributed by atoms with Crippen LogP contribution in [0.15, 0.2) is 63.0 Å². The van der Waals surface area contributed by atoms with Crippen LogP contribution in [0.25, 0.3) is 0 Å². The highest BCUT2D eigenvalue weighted by molar-refractivity contribution is 7.99. The third kappa shape index (κ3) is 7.16. The summed E-state index contributed by atoms with van der Waals surface area (Å²) in [5, 5.41) is 6.95. The fourth-order valence-corrected chi connectivity index (χ4v) is 4.05. The molecule has 1 saturated heterocycles. The van der Waals surface area contributed by atoms with Crippen molar-refractivity contribution >= 4 is 23.6 Å². The lowest BCUT2D eigenvalue weighted by Gasteiger charge is -2.19. The summed E-state index contributed by atoms with van der Waals surface area (Å²) in [6, 6.07) is 14.5. The molecule has 0 saturated carbocycles. The molecule has 1 aliphatic rings. The first-order chi connectivity index (χ1) is 14.2. The number of carbonyl (C=O) groups is 1. The lowest BCUT2D eigenvalue weighted by Crippen LogP contribution is -2.45. The number of likely N-dealkylation sites (tertiary alicyclic amines) is 1. The number of furan rings is 1. The molecular formula is C22H30N4O2S. The zero-order valence-electron chi connectivity index (χ0n) is 17.0. The van der Waals surface area contributed by atoms with Crippen LogP contribution >= 0.6 is 11.8 Å². The van der Waals surface area contributed by atoms with E-state index >= 15 is 0 Å². The monoisotopic (exact) mass is 414 g/mol. The zero-order valence-corrected chi connectivity index (χ0v) is 17.8. The molecule has 6 nitrogen and oxygen atoms in total. The van der Waals surface area contributed by atoms with Crippen LogP contribution in [0.5, 0.6) is 0 Å². The van der Waals surface area contributed by atoms with Gasteiger partial charge < -0.3 is 20.0 Å². The van der Waals surface area contributed by atoms with Crippen molar-refractivity contribution in [1.82, 2.24) is 15.5 Å². The summed E-state index contributed by atoms with van der Waals surface area (Å²) >= 11 is 1.82. The van der Waals surface area contributed by atoms with Gasteiger partial charge in [0.1, 0.15) is 5.76 Å². The topological polar surface area (TPSA) is 69.9 Å². The molecule has 0 spiro atoms. The van der Waals surface area contributed by atoms with Crippen molar-refractivity contribution in [3.63, 3.8) is 0 Å². The molecule has 2 heterocycles. The molecule has 29 heavy (non-hydrogen) atoms. The second-order valence-corrected chi connectivity index (χ2v) is 8.14. The molecule has 7 heteroatoms. The maximum Gasteiger partial charge on any atom is 0.222 e. The Morgan fingerprint density at radius 1 is 1.28 bits per heavy atom. The molecule has 2 aromatic rings. The van der Waals surface area contributed by atoms with E-state index in [9.17, 15) is 4.79 Å². The first-order valence-corrected chi connectivity index (χ1v) is 11.3. The molecule has 156 valence electrons. The summed E-state index contributed by atoms with van der Waals surface area (Å²) < 4.78 is 5.39. The number of nitrogens with one attached hydrogen (secondary N) is 2. The van der Waals surface area contributed by atoms with E-state index in [1.165, 1.54) is 4.90 Å². The largest absolute Gasteiger partial charge is 0.469 e. The highest BCUT2D eigenvalue weighted by Gasteiger charge is 2.25. The van der Waals surface area contributed by atoms with Gasteiger partial charge in [0.05, 0.1) is 6.26 Å². The number of thioether (sulfide) groups is 1. The minimum atomic E-state index is 0.220. The Morgan fingerprint density at radius 3 is 2.90 bits per heavy atom.